The SMILES string of the molecule is COCC12CCC1CCN2C. The molecule has 0 aromatic rings. The van der Waals surface area contributed by atoms with Gasteiger partial charge in [-0.2, -0.15) is 0 Å². The van der Waals surface area contributed by atoms with Gasteiger partial charge in [-0.1, -0.05) is 0 Å². The lowest BCUT2D eigenvalue weighted by molar-refractivity contribution is -0.0323. The standard InChI is InChI=1S/C9H17NO/c1-10-6-4-8-3-5-9(8,10)7-11-2/h8H,3-7H2,1-2H3. The molecule has 2 aliphatic rings. The predicted octanol–water partition coefficient (Wildman–Crippen LogP) is 1.12. The summed E-state index contributed by atoms with van der Waals surface area (Å²) in [6.07, 6.45) is 4.16. The highest BCUT2D eigenvalue weighted by atomic mass is 16.5. The van der Waals surface area contributed by atoms with E-state index in [0.717, 1.165) is 12.5 Å². The van der Waals surface area contributed by atoms with Crippen molar-refractivity contribution in [2.24, 2.45) is 5.92 Å². The highest BCUT2D eigenvalue weighted by Gasteiger charge is 2.53. The summed E-state index contributed by atoms with van der Waals surface area (Å²) < 4.78 is 5.28. The summed E-state index contributed by atoms with van der Waals surface area (Å²) >= 11 is 0. The molecule has 0 amide bonds. The van der Waals surface area contributed by atoms with Crippen LogP contribution in [0.4, 0.5) is 0 Å². The monoisotopic (exact) mass is 155 g/mol. The minimum absolute atomic E-state index is 0.453. The van der Waals surface area contributed by atoms with Crippen molar-refractivity contribution in [2.45, 2.75) is 24.8 Å². The molecule has 0 aromatic heterocycles. The maximum absolute atomic E-state index is 5.28. The zero-order chi connectivity index (χ0) is 7.90. The summed E-state index contributed by atoms with van der Waals surface area (Å²) in [6.45, 7) is 2.21. The van der Waals surface area contributed by atoms with Crippen LogP contribution >= 0.6 is 0 Å². The molecule has 2 unspecified atom stereocenters. The summed E-state index contributed by atoms with van der Waals surface area (Å²) in [7, 11) is 4.05. The van der Waals surface area contributed by atoms with E-state index in [-0.39, 0.29) is 0 Å². The maximum Gasteiger partial charge on any atom is 0.0649 e. The molecule has 0 spiro atoms. The average molecular weight is 155 g/mol. The number of hydrogen-bond donors (Lipinski definition) is 0. The highest BCUT2D eigenvalue weighted by Crippen LogP contribution is 2.49. The van der Waals surface area contributed by atoms with E-state index in [9.17, 15) is 0 Å². The quantitative estimate of drug-likeness (QED) is 0.592. The van der Waals surface area contributed by atoms with Gasteiger partial charge in [-0.15, -0.1) is 0 Å². The van der Waals surface area contributed by atoms with Crippen molar-refractivity contribution in [1.82, 2.24) is 4.90 Å². The molecule has 11 heavy (non-hydrogen) atoms. The Morgan fingerprint density at radius 1 is 1.55 bits per heavy atom. The van der Waals surface area contributed by atoms with Crippen LogP contribution in [-0.2, 0) is 4.74 Å². The second-order valence-corrected chi connectivity index (χ2v) is 3.98. The zero-order valence-corrected chi connectivity index (χ0v) is 7.47. The Morgan fingerprint density at radius 2 is 2.36 bits per heavy atom. The van der Waals surface area contributed by atoms with Crippen molar-refractivity contribution in [1.29, 1.82) is 0 Å². The van der Waals surface area contributed by atoms with E-state index in [1.165, 1.54) is 25.8 Å². The van der Waals surface area contributed by atoms with Gasteiger partial charge in [-0.25, -0.2) is 0 Å². The lowest BCUT2D eigenvalue weighted by Crippen LogP contribution is -2.55. The summed E-state index contributed by atoms with van der Waals surface area (Å²) in [4.78, 5) is 2.49. The van der Waals surface area contributed by atoms with Crippen LogP contribution < -0.4 is 0 Å². The van der Waals surface area contributed by atoms with Gasteiger partial charge in [0.2, 0.25) is 0 Å². The molecule has 2 heteroatoms. The van der Waals surface area contributed by atoms with Crippen LogP contribution in [0.25, 0.3) is 0 Å². The molecule has 0 bridgehead atoms. The van der Waals surface area contributed by atoms with Gasteiger partial charge in [0.25, 0.3) is 0 Å². The predicted molar refractivity (Wildman–Crippen MR) is 44.6 cm³/mol. The molecule has 2 rings (SSSR count). The smallest absolute Gasteiger partial charge is 0.0649 e. The fourth-order valence-electron chi connectivity index (χ4n) is 2.72. The Balaban J connectivity index is 2.08. The van der Waals surface area contributed by atoms with Crippen molar-refractivity contribution in [2.75, 3.05) is 27.3 Å². The normalized spacial score (nSPS) is 43.6. The summed E-state index contributed by atoms with van der Waals surface area (Å²) in [5.41, 5.74) is 0.453. The van der Waals surface area contributed by atoms with Crippen LogP contribution in [0.5, 0.6) is 0 Å². The highest BCUT2D eigenvalue weighted by molar-refractivity contribution is 5.07. The molecule has 1 saturated carbocycles. The van der Waals surface area contributed by atoms with Crippen molar-refractivity contribution in [3.8, 4) is 0 Å². The van der Waals surface area contributed by atoms with E-state index in [2.05, 4.69) is 11.9 Å². The van der Waals surface area contributed by atoms with Crippen LogP contribution in [0.15, 0.2) is 0 Å². The maximum atomic E-state index is 5.28. The number of methoxy groups -OCH3 is 1. The Morgan fingerprint density at radius 3 is 2.82 bits per heavy atom. The van der Waals surface area contributed by atoms with Crippen molar-refractivity contribution < 1.29 is 4.74 Å². The number of rotatable bonds is 2. The van der Waals surface area contributed by atoms with Crippen LogP contribution in [0.2, 0.25) is 0 Å². The molecule has 1 aliphatic carbocycles. The van der Waals surface area contributed by atoms with Gasteiger partial charge in [0.05, 0.1) is 6.61 Å². The first-order chi connectivity index (χ1) is 5.29. The molecule has 2 fully saturated rings. The number of likely N-dealkylation sites (N-methyl/N-ethyl adjacent to an activating group) is 1. The minimum Gasteiger partial charge on any atom is -0.383 e. The second kappa shape index (κ2) is 2.46. The third kappa shape index (κ3) is 0.859. The van der Waals surface area contributed by atoms with Gasteiger partial charge >= 0.3 is 0 Å². The van der Waals surface area contributed by atoms with E-state index in [1.54, 1.807) is 0 Å². The number of fused-ring (bicyclic) bond motifs is 1. The number of hydrogen-bond acceptors (Lipinski definition) is 2. The molecular weight excluding hydrogens is 138 g/mol. The molecule has 0 aromatic carbocycles. The lowest BCUT2D eigenvalue weighted by atomic mass is 9.68. The van der Waals surface area contributed by atoms with E-state index >= 15 is 0 Å². The molecule has 0 N–H and O–H groups in total. The van der Waals surface area contributed by atoms with Gasteiger partial charge in [0.1, 0.15) is 0 Å². The summed E-state index contributed by atoms with van der Waals surface area (Å²) in [6, 6.07) is 0. The summed E-state index contributed by atoms with van der Waals surface area (Å²) in [5.74, 6) is 0.937. The summed E-state index contributed by atoms with van der Waals surface area (Å²) in [5, 5.41) is 0. The fourth-order valence-corrected chi connectivity index (χ4v) is 2.72. The van der Waals surface area contributed by atoms with Crippen molar-refractivity contribution in [3.63, 3.8) is 0 Å². The molecule has 1 aliphatic heterocycles. The Labute approximate surface area is 68.5 Å². The van der Waals surface area contributed by atoms with Crippen molar-refractivity contribution >= 4 is 0 Å². The fraction of sp³-hybridized carbons (Fsp3) is 1.00. The molecular formula is C9H17NO. The van der Waals surface area contributed by atoms with Crippen LogP contribution in [0.1, 0.15) is 19.3 Å². The molecule has 1 heterocycles. The van der Waals surface area contributed by atoms with Gasteiger partial charge in [-0.3, -0.25) is 4.90 Å². The van der Waals surface area contributed by atoms with E-state index in [1.807, 2.05) is 7.11 Å². The zero-order valence-electron chi connectivity index (χ0n) is 7.47. The molecule has 64 valence electrons. The topological polar surface area (TPSA) is 12.5 Å². The average Bonchev–Trinajstić information content (AvgIpc) is 2.14. The number of likely N-dealkylation sites (tertiary alicyclic amines) is 1. The van der Waals surface area contributed by atoms with Crippen LogP contribution in [-0.4, -0.2) is 37.7 Å². The van der Waals surface area contributed by atoms with Gasteiger partial charge in [0, 0.05) is 12.6 Å². The van der Waals surface area contributed by atoms with E-state index in [0.29, 0.717) is 5.54 Å². The third-order valence-corrected chi connectivity index (χ3v) is 3.65. The Hall–Kier alpha value is -0.0800. The minimum atomic E-state index is 0.453. The lowest BCUT2D eigenvalue weighted by Gasteiger charge is -2.48. The third-order valence-electron chi connectivity index (χ3n) is 3.65. The molecule has 2 atom stereocenters. The largest absolute Gasteiger partial charge is 0.383 e. The number of nitrogens with zero attached hydrogens (tertiary/aromatic N) is 1. The Bertz CT molecular complexity index is 152. The van der Waals surface area contributed by atoms with E-state index in [4.69, 9.17) is 4.74 Å². The second-order valence-electron chi connectivity index (χ2n) is 3.98. The first-order valence-corrected chi connectivity index (χ1v) is 4.50. The van der Waals surface area contributed by atoms with Crippen LogP contribution in [0, 0.1) is 5.92 Å². The number of ether oxygens (including phenoxy) is 1. The van der Waals surface area contributed by atoms with Crippen molar-refractivity contribution in [3.05, 3.63) is 0 Å². The van der Waals surface area contributed by atoms with E-state index < -0.39 is 0 Å². The molecule has 0 radical (unpaired) electrons. The van der Waals surface area contributed by atoms with Crippen LogP contribution in [0.3, 0.4) is 0 Å². The first kappa shape index (κ1) is 7.56. The molecule has 1 saturated heterocycles. The first-order valence-electron chi connectivity index (χ1n) is 4.50. The molecule has 2 nitrogen and oxygen atoms in total. The van der Waals surface area contributed by atoms with Gasteiger partial charge in [0.15, 0.2) is 0 Å². The van der Waals surface area contributed by atoms with Gasteiger partial charge in [-0.05, 0) is 38.8 Å². The Kier molecular flexibility index (Phi) is 1.69. The van der Waals surface area contributed by atoms with Gasteiger partial charge < -0.3 is 4.74 Å².